The normalized spacial score (nSPS) is 19.3. The molecule has 2 rings (SSSR count). The van der Waals surface area contributed by atoms with Crippen LogP contribution in [0, 0.1) is 0 Å². The van der Waals surface area contributed by atoms with E-state index in [1.54, 1.807) is 11.3 Å². The third kappa shape index (κ3) is 1.80. The fourth-order valence-electron chi connectivity index (χ4n) is 1.13. The fourth-order valence-corrected chi connectivity index (χ4v) is 1.81. The summed E-state index contributed by atoms with van der Waals surface area (Å²) in [6.07, 6.45) is 0.897. The minimum atomic E-state index is 0.00426. The zero-order chi connectivity index (χ0) is 7.52. The summed E-state index contributed by atoms with van der Waals surface area (Å²) >= 11 is 1.71. The molecule has 60 valence electrons. The molecule has 1 aliphatic heterocycles. The third-order valence-electron chi connectivity index (χ3n) is 1.67. The lowest BCUT2D eigenvalue weighted by Crippen LogP contribution is -2.10. The largest absolute Gasteiger partial charge is 0.350 e. The van der Waals surface area contributed by atoms with E-state index in [1.807, 2.05) is 0 Å². The van der Waals surface area contributed by atoms with Crippen LogP contribution in [-0.4, -0.2) is 19.5 Å². The maximum atomic E-state index is 5.31. The molecule has 0 saturated carbocycles. The van der Waals surface area contributed by atoms with Crippen molar-refractivity contribution < 1.29 is 9.47 Å². The zero-order valence-electron chi connectivity index (χ0n) is 6.16. The molecule has 0 aliphatic carbocycles. The molecule has 2 heterocycles. The van der Waals surface area contributed by atoms with Crippen LogP contribution in [0.5, 0.6) is 0 Å². The first-order chi connectivity index (χ1) is 5.45. The maximum Gasteiger partial charge on any atom is 0.161 e. The van der Waals surface area contributed by atoms with Crippen molar-refractivity contribution in [3.8, 4) is 0 Å². The summed E-state index contributed by atoms with van der Waals surface area (Å²) in [5.41, 5.74) is 1.31. The average Bonchev–Trinajstić information content (AvgIpc) is 2.60. The van der Waals surface area contributed by atoms with Crippen molar-refractivity contribution in [2.75, 3.05) is 13.2 Å². The van der Waals surface area contributed by atoms with Gasteiger partial charge in [0.15, 0.2) is 6.29 Å². The smallest absolute Gasteiger partial charge is 0.161 e. The molecule has 1 saturated heterocycles. The van der Waals surface area contributed by atoms with Gasteiger partial charge in [-0.2, -0.15) is 11.3 Å². The molecule has 1 aliphatic rings. The van der Waals surface area contributed by atoms with Gasteiger partial charge in [0.1, 0.15) is 0 Å². The van der Waals surface area contributed by atoms with Crippen molar-refractivity contribution in [1.82, 2.24) is 0 Å². The molecular formula is C8H10O2S. The quantitative estimate of drug-likeness (QED) is 0.672. The molecule has 11 heavy (non-hydrogen) atoms. The van der Waals surface area contributed by atoms with E-state index in [1.165, 1.54) is 5.56 Å². The first-order valence-corrected chi connectivity index (χ1v) is 4.64. The average molecular weight is 170 g/mol. The van der Waals surface area contributed by atoms with E-state index < -0.39 is 0 Å². The predicted molar refractivity (Wildman–Crippen MR) is 43.7 cm³/mol. The van der Waals surface area contributed by atoms with Gasteiger partial charge in [0.25, 0.3) is 0 Å². The molecule has 1 aromatic rings. The highest BCUT2D eigenvalue weighted by molar-refractivity contribution is 7.07. The molecule has 0 spiro atoms. The van der Waals surface area contributed by atoms with Crippen LogP contribution in [0.3, 0.4) is 0 Å². The van der Waals surface area contributed by atoms with Crippen LogP contribution in [0.2, 0.25) is 0 Å². The summed E-state index contributed by atoms with van der Waals surface area (Å²) in [5.74, 6) is 0. The Morgan fingerprint density at radius 3 is 2.91 bits per heavy atom. The molecule has 3 heteroatoms. The van der Waals surface area contributed by atoms with Crippen LogP contribution in [0.4, 0.5) is 0 Å². The maximum absolute atomic E-state index is 5.31. The Balaban J connectivity index is 1.90. The van der Waals surface area contributed by atoms with Gasteiger partial charge >= 0.3 is 0 Å². The van der Waals surface area contributed by atoms with Gasteiger partial charge in [-0.25, -0.2) is 0 Å². The first kappa shape index (κ1) is 7.28. The van der Waals surface area contributed by atoms with Crippen LogP contribution in [0.1, 0.15) is 5.56 Å². The number of hydrogen-bond donors (Lipinski definition) is 0. The molecule has 0 atom stereocenters. The van der Waals surface area contributed by atoms with Crippen molar-refractivity contribution in [2.24, 2.45) is 0 Å². The van der Waals surface area contributed by atoms with Crippen molar-refractivity contribution >= 4 is 11.3 Å². The molecule has 0 N–H and O–H groups in total. The second kappa shape index (κ2) is 3.34. The molecule has 0 unspecified atom stereocenters. The van der Waals surface area contributed by atoms with E-state index in [-0.39, 0.29) is 6.29 Å². The molecular weight excluding hydrogens is 160 g/mol. The molecule has 0 radical (unpaired) electrons. The van der Waals surface area contributed by atoms with Crippen LogP contribution in [0.15, 0.2) is 16.8 Å². The second-order valence-corrected chi connectivity index (χ2v) is 3.29. The third-order valence-corrected chi connectivity index (χ3v) is 2.41. The molecule has 0 aromatic carbocycles. The van der Waals surface area contributed by atoms with Gasteiger partial charge in [0, 0.05) is 6.42 Å². The van der Waals surface area contributed by atoms with E-state index in [4.69, 9.17) is 9.47 Å². The molecule has 1 aromatic heterocycles. The van der Waals surface area contributed by atoms with Gasteiger partial charge in [0.2, 0.25) is 0 Å². The summed E-state index contributed by atoms with van der Waals surface area (Å²) in [5, 5.41) is 4.20. The van der Waals surface area contributed by atoms with Gasteiger partial charge in [-0.15, -0.1) is 0 Å². The molecule has 1 fully saturated rings. The number of hydrogen-bond acceptors (Lipinski definition) is 3. The van der Waals surface area contributed by atoms with E-state index in [2.05, 4.69) is 16.8 Å². The van der Waals surface area contributed by atoms with E-state index in [0.29, 0.717) is 0 Å². The fraction of sp³-hybridized carbons (Fsp3) is 0.500. The van der Waals surface area contributed by atoms with E-state index in [9.17, 15) is 0 Å². The second-order valence-electron chi connectivity index (χ2n) is 2.51. The van der Waals surface area contributed by atoms with Gasteiger partial charge in [-0.1, -0.05) is 0 Å². The number of ether oxygens (including phenoxy) is 2. The van der Waals surface area contributed by atoms with E-state index >= 15 is 0 Å². The van der Waals surface area contributed by atoms with Gasteiger partial charge < -0.3 is 9.47 Å². The summed E-state index contributed by atoms with van der Waals surface area (Å²) in [7, 11) is 0. The monoisotopic (exact) mass is 170 g/mol. The highest BCUT2D eigenvalue weighted by Crippen LogP contribution is 2.13. The van der Waals surface area contributed by atoms with Crippen LogP contribution in [-0.2, 0) is 15.9 Å². The minimum Gasteiger partial charge on any atom is -0.350 e. The molecule has 2 nitrogen and oxygen atoms in total. The minimum absolute atomic E-state index is 0.00426. The lowest BCUT2D eigenvalue weighted by atomic mass is 10.2. The lowest BCUT2D eigenvalue weighted by Gasteiger charge is -2.05. The van der Waals surface area contributed by atoms with Crippen molar-refractivity contribution in [2.45, 2.75) is 12.7 Å². The molecule has 0 amide bonds. The SMILES string of the molecule is c1cc(CC2OCCO2)cs1. The highest BCUT2D eigenvalue weighted by Gasteiger charge is 2.15. The topological polar surface area (TPSA) is 18.5 Å². The van der Waals surface area contributed by atoms with Crippen LogP contribution >= 0.6 is 11.3 Å². The van der Waals surface area contributed by atoms with Gasteiger partial charge in [-0.3, -0.25) is 0 Å². The first-order valence-electron chi connectivity index (χ1n) is 3.69. The summed E-state index contributed by atoms with van der Waals surface area (Å²) < 4.78 is 10.6. The number of rotatable bonds is 2. The highest BCUT2D eigenvalue weighted by atomic mass is 32.1. The van der Waals surface area contributed by atoms with Crippen LogP contribution < -0.4 is 0 Å². The Labute approximate surface area is 69.8 Å². The Morgan fingerprint density at radius 1 is 1.45 bits per heavy atom. The predicted octanol–water partition coefficient (Wildman–Crippen LogP) is 1.66. The summed E-state index contributed by atoms with van der Waals surface area (Å²) in [4.78, 5) is 0. The Kier molecular flexibility index (Phi) is 2.21. The zero-order valence-corrected chi connectivity index (χ0v) is 6.97. The van der Waals surface area contributed by atoms with Crippen molar-refractivity contribution in [3.05, 3.63) is 22.4 Å². The Hall–Kier alpha value is -0.380. The number of thiophene rings is 1. The summed E-state index contributed by atoms with van der Waals surface area (Å²) in [6.45, 7) is 1.49. The standard InChI is InChI=1S/C8H10O2S/c1-4-11-6-7(1)5-8-9-2-3-10-8/h1,4,6,8H,2-3,5H2. The molecule has 0 bridgehead atoms. The van der Waals surface area contributed by atoms with Crippen molar-refractivity contribution in [3.63, 3.8) is 0 Å². The van der Waals surface area contributed by atoms with Gasteiger partial charge in [-0.05, 0) is 22.4 Å². The summed E-state index contributed by atoms with van der Waals surface area (Å²) in [6, 6.07) is 2.11. The Morgan fingerprint density at radius 2 is 2.27 bits per heavy atom. The van der Waals surface area contributed by atoms with Crippen LogP contribution in [0.25, 0.3) is 0 Å². The van der Waals surface area contributed by atoms with E-state index in [0.717, 1.165) is 19.6 Å². The Bertz CT molecular complexity index is 202. The van der Waals surface area contributed by atoms with Gasteiger partial charge in [0.05, 0.1) is 13.2 Å². The van der Waals surface area contributed by atoms with Crippen molar-refractivity contribution in [1.29, 1.82) is 0 Å². The lowest BCUT2D eigenvalue weighted by molar-refractivity contribution is -0.0399.